The van der Waals surface area contributed by atoms with Crippen LogP contribution in [0.4, 0.5) is 0 Å². The molecule has 0 spiro atoms. The van der Waals surface area contributed by atoms with Gasteiger partial charge in [-0.25, -0.2) is 14.4 Å². The van der Waals surface area contributed by atoms with Gasteiger partial charge in [0.05, 0.1) is 69.5 Å². The highest BCUT2D eigenvalue weighted by atomic mass is 16.8. The number of aliphatic hydroxyl groups excluding tert-OH is 16. The largest absolute Gasteiger partial charge is 0.477 e. The molecule has 5 saturated heterocycles. The summed E-state index contributed by atoms with van der Waals surface area (Å²) in [4.78, 5) is 89.4. The van der Waals surface area contributed by atoms with Crippen LogP contribution in [-0.4, -0.2) is 342 Å². The van der Waals surface area contributed by atoms with E-state index in [-0.39, 0.29) is 0 Å². The maximum Gasteiger partial charge on any atom is 0.364 e. The molecule has 5 rings (SSSR count). The number of carboxylic acids is 3. The molecule has 23 N–H and O–H groups in total. The zero-order valence-electron chi connectivity index (χ0n) is 46.1. The van der Waals surface area contributed by atoms with Crippen molar-refractivity contribution >= 4 is 41.5 Å². The molecule has 5 fully saturated rings. The summed E-state index contributed by atoms with van der Waals surface area (Å²) in [5.41, 5.74) is 0. The Morgan fingerprint density at radius 2 is 0.826 bits per heavy atom. The van der Waals surface area contributed by atoms with Crippen LogP contribution in [0.5, 0.6) is 0 Å². The lowest BCUT2D eigenvalue weighted by molar-refractivity contribution is -0.383. The Balaban J connectivity index is 1.52. The van der Waals surface area contributed by atoms with Crippen LogP contribution in [0, 0.1) is 0 Å². The average molecular weight is 1260 g/mol. The van der Waals surface area contributed by atoms with Crippen LogP contribution >= 0.6 is 0 Å². The first kappa shape index (κ1) is 72.0. The van der Waals surface area contributed by atoms with Gasteiger partial charge >= 0.3 is 17.9 Å². The van der Waals surface area contributed by atoms with Crippen LogP contribution in [0.3, 0.4) is 0 Å². The van der Waals surface area contributed by atoms with Crippen molar-refractivity contribution < 1.29 is 173 Å². The Bertz CT molecular complexity index is 2350. The van der Waals surface area contributed by atoms with Crippen LogP contribution in [0.25, 0.3) is 0 Å². The molecule has 5 heterocycles. The summed E-state index contributed by atoms with van der Waals surface area (Å²) in [6.07, 6.45) is -51.9. The lowest BCUT2D eigenvalue weighted by Crippen LogP contribution is -2.72. The van der Waals surface area contributed by atoms with Crippen LogP contribution in [0.15, 0.2) is 0 Å². The summed E-state index contributed by atoms with van der Waals surface area (Å²) >= 11 is 0. The van der Waals surface area contributed by atoms with Gasteiger partial charge in [-0.1, -0.05) is 0 Å². The fourth-order valence-corrected chi connectivity index (χ4v) is 10.7. The van der Waals surface area contributed by atoms with Crippen molar-refractivity contribution in [3.63, 3.8) is 0 Å². The molecule has 86 heavy (non-hydrogen) atoms. The number of carbonyl (C=O) groups is 7. The molecule has 39 heteroatoms. The Labute approximate surface area is 485 Å². The van der Waals surface area contributed by atoms with E-state index < -0.39 is 264 Å². The normalized spacial score (nSPS) is 40.6. The summed E-state index contributed by atoms with van der Waals surface area (Å²) in [6, 6.07) is -7.54. The van der Waals surface area contributed by atoms with E-state index in [1.165, 1.54) is 0 Å². The molecule has 4 amide bonds. The van der Waals surface area contributed by atoms with E-state index in [9.17, 15) is 131 Å². The predicted octanol–water partition coefficient (Wildman–Crippen LogP) is -13.7. The number of amides is 4. The molecule has 0 aromatic carbocycles. The average Bonchev–Trinajstić information content (AvgIpc) is 0.837. The van der Waals surface area contributed by atoms with Crippen LogP contribution in [0.2, 0.25) is 0 Å². The van der Waals surface area contributed by atoms with Gasteiger partial charge in [-0.3, -0.25) is 19.2 Å². The zero-order valence-corrected chi connectivity index (χ0v) is 46.1. The Hall–Kier alpha value is -4.71. The van der Waals surface area contributed by atoms with E-state index in [1.54, 1.807) is 0 Å². The van der Waals surface area contributed by atoms with Gasteiger partial charge in [0.15, 0.2) is 12.6 Å². The van der Waals surface area contributed by atoms with Gasteiger partial charge < -0.3 is 161 Å². The van der Waals surface area contributed by atoms with Crippen LogP contribution in [-0.2, 0) is 76.2 Å². The summed E-state index contributed by atoms with van der Waals surface area (Å²) in [5, 5.41) is 217. The number of aliphatic carboxylic acids is 3. The second-order valence-electron chi connectivity index (χ2n) is 21.2. The topological polar surface area (TPSA) is 635 Å². The first-order valence-corrected chi connectivity index (χ1v) is 26.5. The van der Waals surface area contributed by atoms with Gasteiger partial charge in [-0.05, 0) is 0 Å². The highest BCUT2D eigenvalue weighted by Gasteiger charge is 2.64. The van der Waals surface area contributed by atoms with Crippen LogP contribution < -0.4 is 21.3 Å². The number of ether oxygens (including phenoxy) is 9. The predicted molar refractivity (Wildman–Crippen MR) is 265 cm³/mol. The Kier molecular flexibility index (Phi) is 24.9. The second kappa shape index (κ2) is 29.7. The Morgan fingerprint density at radius 1 is 0.477 bits per heavy atom. The number of hydrogen-bond donors (Lipinski definition) is 23. The first-order chi connectivity index (χ1) is 40.1. The fraction of sp³-hybridized carbons (Fsp3) is 0.851. The molecule has 28 atom stereocenters. The minimum atomic E-state index is -3.55. The summed E-state index contributed by atoms with van der Waals surface area (Å²) in [5.74, 6) is -20.9. The Morgan fingerprint density at radius 3 is 1.19 bits per heavy atom. The third-order valence-electron chi connectivity index (χ3n) is 14.9. The van der Waals surface area contributed by atoms with Gasteiger partial charge in [0, 0.05) is 47.0 Å². The number of nitrogens with one attached hydrogen (secondary N) is 4. The van der Waals surface area contributed by atoms with Gasteiger partial charge in [0.1, 0.15) is 104 Å². The van der Waals surface area contributed by atoms with Crippen molar-refractivity contribution in [1.29, 1.82) is 0 Å². The highest BCUT2D eigenvalue weighted by Crippen LogP contribution is 2.42. The zero-order chi connectivity index (χ0) is 64.8. The van der Waals surface area contributed by atoms with Crippen molar-refractivity contribution in [1.82, 2.24) is 21.3 Å². The lowest BCUT2D eigenvalue weighted by atomic mass is 9.86. The summed E-state index contributed by atoms with van der Waals surface area (Å²) in [7, 11) is 0. The maximum atomic E-state index is 13.5. The smallest absolute Gasteiger partial charge is 0.364 e. The maximum absolute atomic E-state index is 13.5. The van der Waals surface area contributed by atoms with Crippen molar-refractivity contribution in [3.8, 4) is 0 Å². The van der Waals surface area contributed by atoms with Crippen molar-refractivity contribution in [2.45, 2.75) is 217 Å². The SMILES string of the molecule is CC(=O)N[C@H]1[C@H]([C@H](O)[C@H](O)CO)O[C@@](O[C@H](CO)[C@@H](O)[C@@H]2O[C@@](O[C@H](CO)[C@@H](O)[C@@H]3O[C@@](O[C@H]4[C@@H](O)[C@@H](CO)O[C@@H](O[C@H]5[C@H](O)[C@@H](CO)OC(O)[C@@H]5NC(C)=O)[C@@H]4O)(C(=O)O)C[C@H](O)[C@H]3NC(C)=O)(C(=O)O)C[C@H](O)[C@H]2NC(C)=O)(C(=O)O)C[C@@H]1O. The molecular formula is C47H76N4O35. The van der Waals surface area contributed by atoms with Gasteiger partial charge in [0.25, 0.3) is 17.4 Å². The van der Waals surface area contributed by atoms with E-state index in [1.807, 2.05) is 0 Å². The van der Waals surface area contributed by atoms with Gasteiger partial charge in [-0.15, -0.1) is 0 Å². The molecule has 39 nitrogen and oxygen atoms in total. The summed E-state index contributed by atoms with van der Waals surface area (Å²) in [6.45, 7) is -2.87. The number of carbonyl (C=O) groups excluding carboxylic acids is 4. The van der Waals surface area contributed by atoms with Crippen molar-refractivity contribution in [3.05, 3.63) is 0 Å². The van der Waals surface area contributed by atoms with E-state index >= 15 is 0 Å². The molecule has 0 aromatic rings. The molecule has 0 saturated carbocycles. The highest BCUT2D eigenvalue weighted by molar-refractivity contribution is 5.78. The van der Waals surface area contributed by atoms with Gasteiger partial charge in [0.2, 0.25) is 23.6 Å². The first-order valence-electron chi connectivity index (χ1n) is 26.5. The molecule has 5 aliphatic rings. The molecule has 494 valence electrons. The standard InChI is InChI=1S/C47H76N4O35/c1-13(57)48-25-17(61)5-45(42(72)73,83-36(25)29(65)20(64)8-52)81-23(11-55)32(68)37-26(49-14(2)58)18(62)6-46(84-37,43(74)75)82-24(12-56)33(69)38-27(50-15(3)59)19(63)7-47(85-38,44(76)77)86-39-31(67)22(10-54)79-41(34(39)70)80-35-28(51-16(4)60)40(71)78-21(9-53)30(35)66/h17-41,52-56,61-71H,5-12H2,1-4H3,(H,48,57)(H,49,58)(H,50,59)(H,51,60)(H,72,73)(H,74,75)(H,76,77)/t17-,18-,19-,20+,21+,22+,23+,24+,25+,26+,27+,28+,29+,30+,31-,32+,33+,34+,35+,36+,37+,38+,39-,40?,41-,45+,46+,47-/m0/s1. The molecule has 0 aliphatic carbocycles. The molecule has 0 bridgehead atoms. The third-order valence-corrected chi connectivity index (χ3v) is 14.9. The minimum absolute atomic E-state index is 0.836. The molecular weight excluding hydrogens is 1180 g/mol. The summed E-state index contributed by atoms with van der Waals surface area (Å²) < 4.78 is 50.5. The monoisotopic (exact) mass is 1260 g/mol. The number of rotatable bonds is 26. The fourth-order valence-electron chi connectivity index (χ4n) is 10.7. The van der Waals surface area contributed by atoms with E-state index in [0.717, 1.165) is 27.7 Å². The number of carboxylic acid groups (broad SMARTS) is 3. The van der Waals surface area contributed by atoms with E-state index in [4.69, 9.17) is 42.6 Å². The lowest BCUT2D eigenvalue weighted by Gasteiger charge is -2.51. The number of aliphatic hydroxyl groups is 16. The van der Waals surface area contributed by atoms with Crippen molar-refractivity contribution in [2.24, 2.45) is 0 Å². The van der Waals surface area contributed by atoms with E-state index in [2.05, 4.69) is 21.3 Å². The quantitative estimate of drug-likeness (QED) is 0.0382. The second-order valence-corrected chi connectivity index (χ2v) is 21.2. The minimum Gasteiger partial charge on any atom is -0.477 e. The third kappa shape index (κ3) is 15.6. The molecule has 0 radical (unpaired) electrons. The van der Waals surface area contributed by atoms with Crippen molar-refractivity contribution in [2.75, 3.05) is 33.0 Å². The molecule has 0 aromatic heterocycles. The molecule has 1 unspecified atom stereocenters. The molecule has 5 aliphatic heterocycles. The van der Waals surface area contributed by atoms with E-state index in [0.29, 0.717) is 0 Å². The number of hydrogen-bond acceptors (Lipinski definition) is 32. The van der Waals surface area contributed by atoms with Gasteiger partial charge in [-0.2, -0.15) is 0 Å². The van der Waals surface area contributed by atoms with Crippen LogP contribution in [0.1, 0.15) is 47.0 Å².